The second-order valence-corrected chi connectivity index (χ2v) is 4.91. The minimum absolute atomic E-state index is 0.0641. The fourth-order valence-electron chi connectivity index (χ4n) is 2.35. The van der Waals surface area contributed by atoms with E-state index in [1.54, 1.807) is 9.80 Å². The number of likely N-dealkylation sites (tertiary alicyclic amines) is 1. The van der Waals surface area contributed by atoms with Crippen LogP contribution in [0.4, 0.5) is 9.59 Å². The van der Waals surface area contributed by atoms with Crippen LogP contribution in [0, 0.1) is 0 Å². The minimum atomic E-state index is -0.335. The van der Waals surface area contributed by atoms with Gasteiger partial charge in [-0.2, -0.15) is 0 Å². The number of carbonyl (C=O) groups excluding carboxylic acids is 2. The Balaban J connectivity index is 1.43. The van der Waals surface area contributed by atoms with Crippen LogP contribution in [0.2, 0.25) is 0 Å². The lowest BCUT2D eigenvalue weighted by Crippen LogP contribution is -2.61. The van der Waals surface area contributed by atoms with Gasteiger partial charge in [0.2, 0.25) is 0 Å². The van der Waals surface area contributed by atoms with Gasteiger partial charge in [0.1, 0.15) is 13.2 Å². The highest BCUT2D eigenvalue weighted by molar-refractivity contribution is 5.72. The molecule has 1 aromatic carbocycles. The summed E-state index contributed by atoms with van der Waals surface area (Å²) in [6.45, 7) is 2.35. The maximum absolute atomic E-state index is 11.8. The van der Waals surface area contributed by atoms with Crippen molar-refractivity contribution in [3.8, 4) is 0 Å². The predicted molar refractivity (Wildman–Crippen MR) is 70.0 cm³/mol. The second kappa shape index (κ2) is 5.40. The van der Waals surface area contributed by atoms with Crippen molar-refractivity contribution in [2.45, 2.75) is 12.6 Å². The Morgan fingerprint density at radius 3 is 2.70 bits per heavy atom. The van der Waals surface area contributed by atoms with Gasteiger partial charge in [-0.25, -0.2) is 9.59 Å². The van der Waals surface area contributed by atoms with Crippen molar-refractivity contribution in [2.75, 3.05) is 26.2 Å². The van der Waals surface area contributed by atoms with Gasteiger partial charge in [0, 0.05) is 13.1 Å². The van der Waals surface area contributed by atoms with E-state index in [1.165, 1.54) is 0 Å². The number of benzene rings is 1. The molecule has 0 radical (unpaired) electrons. The first kappa shape index (κ1) is 12.8. The van der Waals surface area contributed by atoms with Gasteiger partial charge in [0.25, 0.3) is 0 Å². The van der Waals surface area contributed by atoms with Crippen LogP contribution in [0.15, 0.2) is 30.3 Å². The molecule has 0 N–H and O–H groups in total. The van der Waals surface area contributed by atoms with Crippen LogP contribution >= 0.6 is 0 Å². The van der Waals surface area contributed by atoms with Gasteiger partial charge in [-0.3, -0.25) is 4.90 Å². The van der Waals surface area contributed by atoms with Crippen molar-refractivity contribution >= 4 is 12.2 Å². The largest absolute Gasteiger partial charge is 0.448 e. The van der Waals surface area contributed by atoms with E-state index in [1.807, 2.05) is 30.3 Å². The van der Waals surface area contributed by atoms with Crippen LogP contribution in [0.3, 0.4) is 0 Å². The molecule has 2 aliphatic rings. The molecule has 2 aliphatic heterocycles. The Bertz CT molecular complexity index is 499. The van der Waals surface area contributed by atoms with Gasteiger partial charge in [-0.1, -0.05) is 30.3 Å². The second-order valence-electron chi connectivity index (χ2n) is 4.91. The average molecular weight is 276 g/mol. The SMILES string of the molecule is O=C(OCc1ccccc1)N1CC(N2CCOC2=O)C1. The molecule has 2 saturated heterocycles. The van der Waals surface area contributed by atoms with Crippen LogP contribution in [-0.4, -0.2) is 54.3 Å². The molecule has 0 atom stereocenters. The van der Waals surface area contributed by atoms with Gasteiger partial charge in [-0.15, -0.1) is 0 Å². The number of hydrogen-bond donors (Lipinski definition) is 0. The van der Waals surface area contributed by atoms with Gasteiger partial charge in [0.15, 0.2) is 0 Å². The molecule has 6 nitrogen and oxygen atoms in total. The molecule has 6 heteroatoms. The molecule has 0 saturated carbocycles. The smallest absolute Gasteiger partial charge is 0.410 e. The topological polar surface area (TPSA) is 59.1 Å². The average Bonchev–Trinajstić information content (AvgIpc) is 2.82. The number of cyclic esters (lactones) is 1. The van der Waals surface area contributed by atoms with Crippen molar-refractivity contribution in [3.63, 3.8) is 0 Å². The lowest BCUT2D eigenvalue weighted by atomic mass is 10.1. The van der Waals surface area contributed by atoms with Gasteiger partial charge >= 0.3 is 12.2 Å². The highest BCUT2D eigenvalue weighted by Crippen LogP contribution is 2.19. The summed E-state index contributed by atoms with van der Waals surface area (Å²) in [5.74, 6) is 0. The molecule has 2 heterocycles. The predicted octanol–water partition coefficient (Wildman–Crippen LogP) is 1.46. The van der Waals surface area contributed by atoms with Crippen LogP contribution in [-0.2, 0) is 16.1 Å². The molecule has 106 valence electrons. The standard InChI is InChI=1S/C14H16N2O4/c17-13(20-10-11-4-2-1-3-5-11)15-8-12(9-15)16-6-7-19-14(16)18/h1-5,12H,6-10H2. The molecule has 0 unspecified atom stereocenters. The Morgan fingerprint density at radius 2 is 2.05 bits per heavy atom. The van der Waals surface area contributed by atoms with Crippen molar-refractivity contribution in [1.29, 1.82) is 0 Å². The molecular formula is C14H16N2O4. The first-order valence-electron chi connectivity index (χ1n) is 6.63. The van der Waals surface area contributed by atoms with Gasteiger partial charge in [-0.05, 0) is 5.56 Å². The number of hydrogen-bond acceptors (Lipinski definition) is 4. The summed E-state index contributed by atoms with van der Waals surface area (Å²) >= 11 is 0. The van der Waals surface area contributed by atoms with Crippen LogP contribution in [0.25, 0.3) is 0 Å². The summed E-state index contributed by atoms with van der Waals surface area (Å²) in [7, 11) is 0. The van der Waals surface area contributed by atoms with Crippen LogP contribution in [0.5, 0.6) is 0 Å². The van der Waals surface area contributed by atoms with E-state index in [0.717, 1.165) is 5.56 Å². The molecule has 2 amide bonds. The lowest BCUT2D eigenvalue weighted by molar-refractivity contribution is 0.0336. The summed E-state index contributed by atoms with van der Waals surface area (Å²) in [6.07, 6.45) is -0.620. The number of ether oxygens (including phenoxy) is 2. The molecule has 1 aromatic rings. The maximum atomic E-state index is 11.8. The Kier molecular flexibility index (Phi) is 3.45. The zero-order valence-electron chi connectivity index (χ0n) is 11.0. The molecular weight excluding hydrogens is 260 g/mol. The van der Waals surface area contributed by atoms with Crippen molar-refractivity contribution < 1.29 is 19.1 Å². The fourth-order valence-corrected chi connectivity index (χ4v) is 2.35. The quantitative estimate of drug-likeness (QED) is 0.838. The number of nitrogens with zero attached hydrogens (tertiary/aromatic N) is 2. The fraction of sp³-hybridized carbons (Fsp3) is 0.429. The molecule has 20 heavy (non-hydrogen) atoms. The van der Waals surface area contributed by atoms with Gasteiger partial charge < -0.3 is 14.4 Å². The van der Waals surface area contributed by atoms with E-state index < -0.39 is 0 Å². The Hall–Kier alpha value is -2.24. The van der Waals surface area contributed by atoms with Crippen molar-refractivity contribution in [3.05, 3.63) is 35.9 Å². The summed E-state index contributed by atoms with van der Waals surface area (Å²) in [5, 5.41) is 0. The summed E-state index contributed by atoms with van der Waals surface area (Å²) in [5.41, 5.74) is 0.959. The van der Waals surface area contributed by atoms with E-state index in [-0.39, 0.29) is 24.8 Å². The third-order valence-electron chi connectivity index (χ3n) is 3.56. The third kappa shape index (κ3) is 2.54. The molecule has 0 aliphatic carbocycles. The molecule has 0 aromatic heterocycles. The highest BCUT2D eigenvalue weighted by Gasteiger charge is 2.40. The van der Waals surface area contributed by atoms with Crippen molar-refractivity contribution in [2.24, 2.45) is 0 Å². The van der Waals surface area contributed by atoms with Gasteiger partial charge in [0.05, 0.1) is 12.6 Å². The van der Waals surface area contributed by atoms with Crippen LogP contribution in [0.1, 0.15) is 5.56 Å². The number of amides is 2. The number of rotatable bonds is 3. The highest BCUT2D eigenvalue weighted by atomic mass is 16.6. The monoisotopic (exact) mass is 276 g/mol. The van der Waals surface area contributed by atoms with E-state index >= 15 is 0 Å². The molecule has 3 rings (SSSR count). The summed E-state index contributed by atoms with van der Waals surface area (Å²) in [4.78, 5) is 26.4. The maximum Gasteiger partial charge on any atom is 0.410 e. The van der Waals surface area contributed by atoms with Crippen LogP contribution < -0.4 is 0 Å². The van der Waals surface area contributed by atoms with E-state index in [9.17, 15) is 9.59 Å². The first-order valence-corrected chi connectivity index (χ1v) is 6.63. The molecule has 0 spiro atoms. The third-order valence-corrected chi connectivity index (χ3v) is 3.56. The zero-order chi connectivity index (χ0) is 13.9. The lowest BCUT2D eigenvalue weighted by Gasteiger charge is -2.41. The number of carbonyl (C=O) groups is 2. The Labute approximate surface area is 116 Å². The summed E-state index contributed by atoms with van der Waals surface area (Å²) in [6, 6.07) is 9.61. The minimum Gasteiger partial charge on any atom is -0.448 e. The Morgan fingerprint density at radius 1 is 1.30 bits per heavy atom. The normalized spacial score (nSPS) is 18.7. The summed E-state index contributed by atoms with van der Waals surface area (Å²) < 4.78 is 10.1. The van der Waals surface area contributed by atoms with E-state index in [0.29, 0.717) is 26.2 Å². The van der Waals surface area contributed by atoms with Crippen molar-refractivity contribution in [1.82, 2.24) is 9.80 Å². The first-order chi connectivity index (χ1) is 9.74. The molecule has 0 bridgehead atoms. The molecule has 2 fully saturated rings. The zero-order valence-corrected chi connectivity index (χ0v) is 11.0. The van der Waals surface area contributed by atoms with E-state index in [4.69, 9.17) is 9.47 Å². The van der Waals surface area contributed by atoms with E-state index in [2.05, 4.69) is 0 Å².